The molecule has 0 unspecified atom stereocenters. The molecule has 1 aromatic heterocycles. The standard InChI is InChI=1S/C17H20ClN3O/c18-14-4-1-3-13(11-14)17(12-19)8-6-15(7-9-17)21-16(22)5-2-10-20-21/h1-5,10-11,15H,6-9,12,19H2/t15-,17+. The molecule has 0 saturated heterocycles. The first-order valence-electron chi connectivity index (χ1n) is 7.65. The van der Waals surface area contributed by atoms with Gasteiger partial charge in [0.25, 0.3) is 5.56 Å². The fraction of sp³-hybridized carbons (Fsp3) is 0.412. The van der Waals surface area contributed by atoms with Crippen LogP contribution in [-0.4, -0.2) is 16.3 Å². The molecule has 116 valence electrons. The molecule has 2 aromatic rings. The maximum absolute atomic E-state index is 11.9. The third-order valence-corrected chi connectivity index (χ3v) is 5.06. The molecule has 0 atom stereocenters. The number of benzene rings is 1. The molecule has 5 heteroatoms. The first-order chi connectivity index (χ1) is 10.6. The number of hydrogen-bond acceptors (Lipinski definition) is 3. The molecule has 0 spiro atoms. The van der Waals surface area contributed by atoms with Gasteiger partial charge >= 0.3 is 0 Å². The number of nitrogens with zero attached hydrogens (tertiary/aromatic N) is 2. The third kappa shape index (κ3) is 2.81. The summed E-state index contributed by atoms with van der Waals surface area (Å²) in [6.45, 7) is 0.594. The van der Waals surface area contributed by atoms with E-state index in [4.69, 9.17) is 17.3 Å². The van der Waals surface area contributed by atoms with Gasteiger partial charge in [0.05, 0.1) is 6.04 Å². The van der Waals surface area contributed by atoms with Crippen LogP contribution in [0.15, 0.2) is 47.4 Å². The Balaban J connectivity index is 1.82. The fourth-order valence-corrected chi connectivity index (χ4v) is 3.66. The van der Waals surface area contributed by atoms with Gasteiger partial charge in [-0.15, -0.1) is 0 Å². The molecule has 0 bridgehead atoms. The predicted molar refractivity (Wildman–Crippen MR) is 88.2 cm³/mol. The second-order valence-corrected chi connectivity index (χ2v) is 6.47. The van der Waals surface area contributed by atoms with Crippen LogP contribution in [-0.2, 0) is 5.41 Å². The second-order valence-electron chi connectivity index (χ2n) is 6.03. The van der Waals surface area contributed by atoms with E-state index in [1.165, 1.54) is 5.56 Å². The zero-order chi connectivity index (χ0) is 15.6. The average Bonchev–Trinajstić information content (AvgIpc) is 2.55. The van der Waals surface area contributed by atoms with E-state index < -0.39 is 0 Å². The first-order valence-corrected chi connectivity index (χ1v) is 8.02. The average molecular weight is 318 g/mol. The molecule has 22 heavy (non-hydrogen) atoms. The van der Waals surface area contributed by atoms with Crippen LogP contribution in [0.4, 0.5) is 0 Å². The van der Waals surface area contributed by atoms with Crippen molar-refractivity contribution in [3.63, 3.8) is 0 Å². The van der Waals surface area contributed by atoms with Gasteiger partial charge in [0, 0.05) is 29.2 Å². The van der Waals surface area contributed by atoms with Crippen LogP contribution < -0.4 is 11.3 Å². The van der Waals surface area contributed by atoms with Gasteiger partial charge in [0.1, 0.15) is 0 Å². The van der Waals surface area contributed by atoms with Gasteiger partial charge in [-0.3, -0.25) is 4.79 Å². The van der Waals surface area contributed by atoms with E-state index in [9.17, 15) is 4.79 Å². The summed E-state index contributed by atoms with van der Waals surface area (Å²) in [6.07, 6.45) is 5.36. The topological polar surface area (TPSA) is 60.9 Å². The van der Waals surface area contributed by atoms with Crippen molar-refractivity contribution >= 4 is 11.6 Å². The van der Waals surface area contributed by atoms with Gasteiger partial charge < -0.3 is 5.73 Å². The smallest absolute Gasteiger partial charge is 0.266 e. The lowest BCUT2D eigenvalue weighted by Gasteiger charge is -2.40. The highest BCUT2D eigenvalue weighted by Gasteiger charge is 2.36. The summed E-state index contributed by atoms with van der Waals surface area (Å²) in [6, 6.07) is 11.4. The maximum Gasteiger partial charge on any atom is 0.266 e. The summed E-state index contributed by atoms with van der Waals surface area (Å²) in [5, 5.41) is 4.96. The zero-order valence-corrected chi connectivity index (χ0v) is 13.2. The lowest BCUT2D eigenvalue weighted by molar-refractivity contribution is 0.222. The number of aromatic nitrogens is 2. The first kappa shape index (κ1) is 15.3. The maximum atomic E-state index is 11.9. The molecule has 1 saturated carbocycles. The lowest BCUT2D eigenvalue weighted by Crippen LogP contribution is -2.41. The van der Waals surface area contributed by atoms with E-state index in [1.54, 1.807) is 23.0 Å². The number of halogens is 1. The Bertz CT molecular complexity index is 705. The molecule has 1 aliphatic rings. The van der Waals surface area contributed by atoms with Gasteiger partial charge in [-0.05, 0) is 49.4 Å². The van der Waals surface area contributed by atoms with Crippen LogP contribution in [0.25, 0.3) is 0 Å². The summed E-state index contributed by atoms with van der Waals surface area (Å²) < 4.78 is 1.61. The van der Waals surface area contributed by atoms with E-state index in [2.05, 4.69) is 11.2 Å². The number of rotatable bonds is 3. The molecule has 1 aliphatic carbocycles. The van der Waals surface area contributed by atoms with E-state index in [0.29, 0.717) is 6.54 Å². The quantitative estimate of drug-likeness (QED) is 0.946. The molecule has 1 heterocycles. The summed E-state index contributed by atoms with van der Waals surface area (Å²) in [7, 11) is 0. The van der Waals surface area contributed by atoms with Crippen molar-refractivity contribution in [2.24, 2.45) is 5.73 Å². The Kier molecular flexibility index (Phi) is 4.32. The van der Waals surface area contributed by atoms with Gasteiger partial charge in [-0.1, -0.05) is 23.7 Å². The van der Waals surface area contributed by atoms with Crippen molar-refractivity contribution in [3.05, 3.63) is 63.5 Å². The molecular formula is C17H20ClN3O. The van der Waals surface area contributed by atoms with Gasteiger partial charge in [0.15, 0.2) is 0 Å². The molecule has 1 aromatic carbocycles. The van der Waals surface area contributed by atoms with Gasteiger partial charge in [0.2, 0.25) is 0 Å². The van der Waals surface area contributed by atoms with E-state index >= 15 is 0 Å². The minimum atomic E-state index is -0.0419. The molecule has 0 radical (unpaired) electrons. The van der Waals surface area contributed by atoms with Crippen molar-refractivity contribution < 1.29 is 0 Å². The SMILES string of the molecule is NC[C@]1(c2cccc(Cl)c2)CC[C@@H](n2ncccc2=O)CC1. The largest absolute Gasteiger partial charge is 0.330 e. The molecule has 2 N–H and O–H groups in total. The highest BCUT2D eigenvalue weighted by molar-refractivity contribution is 6.30. The molecule has 1 fully saturated rings. The highest BCUT2D eigenvalue weighted by Crippen LogP contribution is 2.42. The molecule has 0 amide bonds. The molecule has 4 nitrogen and oxygen atoms in total. The van der Waals surface area contributed by atoms with Crippen LogP contribution >= 0.6 is 11.6 Å². The van der Waals surface area contributed by atoms with Crippen molar-refractivity contribution in [2.45, 2.75) is 37.1 Å². The summed E-state index contributed by atoms with van der Waals surface area (Å²) in [5.41, 5.74) is 7.24. The highest BCUT2D eigenvalue weighted by atomic mass is 35.5. The van der Waals surface area contributed by atoms with E-state index in [1.807, 2.05) is 18.2 Å². The minimum Gasteiger partial charge on any atom is -0.330 e. The Morgan fingerprint density at radius 3 is 2.68 bits per heavy atom. The number of hydrogen-bond donors (Lipinski definition) is 1. The van der Waals surface area contributed by atoms with Crippen molar-refractivity contribution in [3.8, 4) is 0 Å². The Morgan fingerprint density at radius 2 is 2.05 bits per heavy atom. The lowest BCUT2D eigenvalue weighted by atomic mass is 9.68. The van der Waals surface area contributed by atoms with Gasteiger partial charge in [-0.25, -0.2) is 4.68 Å². The predicted octanol–water partition coefficient (Wildman–Crippen LogP) is 2.91. The van der Waals surface area contributed by atoms with Crippen LogP contribution in [0.2, 0.25) is 5.02 Å². The fourth-order valence-electron chi connectivity index (χ4n) is 3.47. The Morgan fingerprint density at radius 1 is 1.27 bits per heavy atom. The van der Waals surface area contributed by atoms with E-state index in [-0.39, 0.29) is 17.0 Å². The summed E-state index contributed by atoms with van der Waals surface area (Å²) >= 11 is 6.13. The minimum absolute atomic E-state index is 0.0319. The van der Waals surface area contributed by atoms with Crippen LogP contribution in [0.3, 0.4) is 0 Å². The molecular weight excluding hydrogens is 298 g/mol. The van der Waals surface area contributed by atoms with Crippen LogP contribution in [0, 0.1) is 0 Å². The number of nitrogens with two attached hydrogens (primary N) is 1. The Hall–Kier alpha value is -1.65. The normalized spacial score (nSPS) is 25.1. The molecule has 0 aliphatic heterocycles. The van der Waals surface area contributed by atoms with Crippen molar-refractivity contribution in [1.82, 2.24) is 9.78 Å². The summed E-state index contributed by atoms with van der Waals surface area (Å²) in [5.74, 6) is 0. The monoisotopic (exact) mass is 317 g/mol. The van der Waals surface area contributed by atoms with E-state index in [0.717, 1.165) is 30.7 Å². The second kappa shape index (κ2) is 6.23. The Labute approximate surface area is 134 Å². The van der Waals surface area contributed by atoms with Gasteiger partial charge in [-0.2, -0.15) is 5.10 Å². The third-order valence-electron chi connectivity index (χ3n) is 4.83. The zero-order valence-electron chi connectivity index (χ0n) is 12.4. The molecule has 3 rings (SSSR count). The van der Waals surface area contributed by atoms with Crippen molar-refractivity contribution in [1.29, 1.82) is 0 Å². The van der Waals surface area contributed by atoms with Crippen molar-refractivity contribution in [2.75, 3.05) is 6.54 Å². The van der Waals surface area contributed by atoms with Crippen LogP contribution in [0.1, 0.15) is 37.3 Å². The van der Waals surface area contributed by atoms with Crippen LogP contribution in [0.5, 0.6) is 0 Å². The summed E-state index contributed by atoms with van der Waals surface area (Å²) in [4.78, 5) is 11.9.